The van der Waals surface area contributed by atoms with Crippen molar-refractivity contribution in [2.75, 3.05) is 19.7 Å². The second-order valence-electron chi connectivity index (χ2n) is 5.88. The molecule has 0 radical (unpaired) electrons. The Kier molecular flexibility index (Phi) is 5.87. The minimum absolute atomic E-state index is 0.0672. The second kappa shape index (κ2) is 6.96. The van der Waals surface area contributed by atoms with Crippen LogP contribution < -0.4 is 0 Å². The van der Waals surface area contributed by atoms with Crippen molar-refractivity contribution >= 4 is 0 Å². The van der Waals surface area contributed by atoms with Crippen LogP contribution in [-0.2, 0) is 6.54 Å². The van der Waals surface area contributed by atoms with Crippen molar-refractivity contribution in [3.8, 4) is 0 Å². The van der Waals surface area contributed by atoms with Crippen molar-refractivity contribution < 1.29 is 13.9 Å². The number of aliphatic hydroxyl groups is 1. The molecule has 0 unspecified atom stereocenters. The lowest BCUT2D eigenvalue weighted by molar-refractivity contribution is 0.0622. The summed E-state index contributed by atoms with van der Waals surface area (Å²) in [4.78, 5) is 6.05. The first kappa shape index (κ1) is 16.0. The molecule has 1 aromatic rings. The van der Waals surface area contributed by atoms with E-state index >= 15 is 0 Å². The summed E-state index contributed by atoms with van der Waals surface area (Å²) < 4.78 is 26.4. The van der Waals surface area contributed by atoms with Crippen LogP contribution in [0.2, 0.25) is 0 Å². The standard InChI is InChI=1S/C13H23F2N3O/c1-13(2,3)10-17(6-4-8-19)9-11-16-5-7-18(11)12(14)15/h5,7,12,19H,4,6,8-10H2,1-3H3. The summed E-state index contributed by atoms with van der Waals surface area (Å²) in [5, 5.41) is 8.91. The Morgan fingerprint density at radius 1 is 1.42 bits per heavy atom. The molecule has 0 aliphatic carbocycles. The first-order valence-corrected chi connectivity index (χ1v) is 6.46. The van der Waals surface area contributed by atoms with Crippen LogP contribution >= 0.6 is 0 Å². The number of alkyl halides is 2. The Balaban J connectivity index is 2.72. The minimum Gasteiger partial charge on any atom is -0.396 e. The van der Waals surface area contributed by atoms with Crippen LogP contribution in [0.4, 0.5) is 8.78 Å². The average Bonchev–Trinajstić information content (AvgIpc) is 2.72. The average molecular weight is 275 g/mol. The highest BCUT2D eigenvalue weighted by Crippen LogP contribution is 2.19. The van der Waals surface area contributed by atoms with Gasteiger partial charge in [0.25, 0.3) is 0 Å². The predicted octanol–water partition coefficient (Wildman–Crippen LogP) is 2.51. The van der Waals surface area contributed by atoms with Crippen LogP contribution in [0.5, 0.6) is 0 Å². The van der Waals surface area contributed by atoms with Gasteiger partial charge in [-0.1, -0.05) is 20.8 Å². The molecule has 4 nitrogen and oxygen atoms in total. The molecule has 0 fully saturated rings. The van der Waals surface area contributed by atoms with Gasteiger partial charge in [0, 0.05) is 32.1 Å². The lowest BCUT2D eigenvalue weighted by atomic mass is 9.96. The maximum atomic E-state index is 12.8. The predicted molar refractivity (Wildman–Crippen MR) is 69.9 cm³/mol. The number of nitrogens with zero attached hydrogens (tertiary/aromatic N) is 3. The zero-order valence-corrected chi connectivity index (χ0v) is 11.8. The molecular weight excluding hydrogens is 252 g/mol. The molecule has 0 aliphatic heterocycles. The van der Waals surface area contributed by atoms with Crippen molar-refractivity contribution in [2.45, 2.75) is 40.3 Å². The van der Waals surface area contributed by atoms with Gasteiger partial charge in [-0.15, -0.1) is 0 Å². The van der Waals surface area contributed by atoms with Gasteiger partial charge in [0.1, 0.15) is 5.82 Å². The summed E-state index contributed by atoms with van der Waals surface area (Å²) in [5.74, 6) is 0.359. The molecule has 1 heterocycles. The highest BCUT2D eigenvalue weighted by Gasteiger charge is 2.19. The number of rotatable bonds is 7. The Labute approximate surface area is 113 Å². The van der Waals surface area contributed by atoms with Crippen molar-refractivity contribution in [2.24, 2.45) is 5.41 Å². The van der Waals surface area contributed by atoms with E-state index in [1.54, 1.807) is 0 Å². The zero-order valence-electron chi connectivity index (χ0n) is 11.8. The van der Waals surface area contributed by atoms with E-state index in [0.29, 0.717) is 25.3 Å². The third-order valence-corrected chi connectivity index (χ3v) is 2.65. The van der Waals surface area contributed by atoms with Crippen LogP contribution in [0.25, 0.3) is 0 Å². The third kappa shape index (κ3) is 5.65. The monoisotopic (exact) mass is 275 g/mol. The molecule has 0 amide bonds. The van der Waals surface area contributed by atoms with Gasteiger partial charge in [0.2, 0.25) is 0 Å². The van der Waals surface area contributed by atoms with Gasteiger partial charge in [0.15, 0.2) is 0 Å². The fourth-order valence-electron chi connectivity index (χ4n) is 2.02. The van der Waals surface area contributed by atoms with Gasteiger partial charge >= 0.3 is 6.55 Å². The molecule has 6 heteroatoms. The summed E-state index contributed by atoms with van der Waals surface area (Å²) in [6, 6.07) is 0. The van der Waals surface area contributed by atoms with E-state index in [9.17, 15) is 8.78 Å². The lowest BCUT2D eigenvalue weighted by Gasteiger charge is -2.29. The van der Waals surface area contributed by atoms with E-state index in [1.807, 2.05) is 0 Å². The molecule has 0 spiro atoms. The van der Waals surface area contributed by atoms with Gasteiger partial charge in [-0.25, -0.2) is 4.98 Å². The van der Waals surface area contributed by atoms with Crippen LogP contribution in [0.15, 0.2) is 12.4 Å². The van der Waals surface area contributed by atoms with E-state index < -0.39 is 6.55 Å². The first-order valence-electron chi connectivity index (χ1n) is 6.46. The lowest BCUT2D eigenvalue weighted by Crippen LogP contribution is -2.34. The van der Waals surface area contributed by atoms with Crippen molar-refractivity contribution in [1.29, 1.82) is 0 Å². The summed E-state index contributed by atoms with van der Waals surface area (Å²) in [6.07, 6.45) is 3.32. The Morgan fingerprint density at radius 3 is 2.63 bits per heavy atom. The summed E-state index contributed by atoms with van der Waals surface area (Å²) in [5.41, 5.74) is 0.0672. The number of hydrogen-bond donors (Lipinski definition) is 1. The molecule has 19 heavy (non-hydrogen) atoms. The largest absolute Gasteiger partial charge is 0.396 e. The van der Waals surface area contributed by atoms with Gasteiger partial charge in [-0.05, 0) is 11.8 Å². The number of aromatic nitrogens is 2. The smallest absolute Gasteiger partial charge is 0.319 e. The SMILES string of the molecule is CC(C)(C)CN(CCCO)Cc1nccn1C(F)F. The van der Waals surface area contributed by atoms with Crippen molar-refractivity contribution in [3.63, 3.8) is 0 Å². The van der Waals surface area contributed by atoms with E-state index in [0.717, 1.165) is 11.1 Å². The third-order valence-electron chi connectivity index (χ3n) is 2.65. The molecule has 1 N–H and O–H groups in total. The second-order valence-corrected chi connectivity index (χ2v) is 5.88. The highest BCUT2D eigenvalue weighted by atomic mass is 19.3. The highest BCUT2D eigenvalue weighted by molar-refractivity contribution is 4.93. The summed E-state index contributed by atoms with van der Waals surface area (Å²) in [7, 11) is 0. The number of aliphatic hydroxyl groups excluding tert-OH is 1. The van der Waals surface area contributed by atoms with Gasteiger partial charge in [-0.2, -0.15) is 8.78 Å². The molecule has 1 aromatic heterocycles. The molecule has 0 aromatic carbocycles. The fraction of sp³-hybridized carbons (Fsp3) is 0.769. The molecule has 0 saturated heterocycles. The van der Waals surface area contributed by atoms with Crippen LogP contribution in [0.3, 0.4) is 0 Å². The van der Waals surface area contributed by atoms with E-state index in [1.165, 1.54) is 12.4 Å². The number of imidazole rings is 1. The fourth-order valence-corrected chi connectivity index (χ4v) is 2.02. The first-order chi connectivity index (χ1) is 8.83. The maximum absolute atomic E-state index is 12.8. The van der Waals surface area contributed by atoms with Crippen molar-refractivity contribution in [3.05, 3.63) is 18.2 Å². The van der Waals surface area contributed by atoms with Gasteiger partial charge < -0.3 is 5.11 Å². The molecular formula is C13H23F2N3O. The quantitative estimate of drug-likeness (QED) is 0.831. The molecule has 0 atom stereocenters. The minimum atomic E-state index is -2.56. The Morgan fingerprint density at radius 2 is 2.11 bits per heavy atom. The number of hydrogen-bond acceptors (Lipinski definition) is 3. The molecule has 1 rings (SSSR count). The van der Waals surface area contributed by atoms with Crippen LogP contribution in [-0.4, -0.2) is 39.3 Å². The van der Waals surface area contributed by atoms with Crippen molar-refractivity contribution in [1.82, 2.24) is 14.5 Å². The zero-order chi connectivity index (χ0) is 14.5. The van der Waals surface area contributed by atoms with Crippen LogP contribution in [0.1, 0.15) is 39.6 Å². The topological polar surface area (TPSA) is 41.3 Å². The van der Waals surface area contributed by atoms with E-state index in [2.05, 4.69) is 30.7 Å². The van der Waals surface area contributed by atoms with E-state index in [4.69, 9.17) is 5.11 Å². The Hall–Kier alpha value is -1.01. The molecule has 0 aliphatic rings. The molecule has 0 saturated carbocycles. The summed E-state index contributed by atoms with van der Waals surface area (Å²) >= 11 is 0. The molecule has 0 bridgehead atoms. The molecule has 110 valence electrons. The maximum Gasteiger partial charge on any atom is 0.319 e. The number of halogens is 2. The van der Waals surface area contributed by atoms with Gasteiger partial charge in [-0.3, -0.25) is 9.47 Å². The van der Waals surface area contributed by atoms with E-state index in [-0.39, 0.29) is 12.0 Å². The summed E-state index contributed by atoms with van der Waals surface area (Å²) in [6.45, 7) is 5.63. The van der Waals surface area contributed by atoms with Gasteiger partial charge in [0.05, 0.1) is 6.54 Å². The normalized spacial score (nSPS) is 12.6. The Bertz CT molecular complexity index is 374. The van der Waals surface area contributed by atoms with Crippen LogP contribution in [0, 0.1) is 5.41 Å².